The molecule has 0 saturated heterocycles. The quantitative estimate of drug-likeness (QED) is 0.526. The van der Waals surface area contributed by atoms with E-state index < -0.39 is 5.54 Å². The monoisotopic (exact) mass is 471 g/mol. The molecule has 1 N–H and O–H groups in total. The Morgan fingerprint density at radius 2 is 1.69 bits per heavy atom. The minimum Gasteiger partial charge on any atom is -0.494 e. The largest absolute Gasteiger partial charge is 0.494 e. The number of nitrogens with one attached hydrogen (secondary N) is 1. The first-order chi connectivity index (χ1) is 17.0. The van der Waals surface area contributed by atoms with E-state index in [0.717, 1.165) is 48.3 Å². The fourth-order valence-electron chi connectivity index (χ4n) is 5.33. The molecule has 0 radical (unpaired) electrons. The van der Waals surface area contributed by atoms with Gasteiger partial charge in [-0.25, -0.2) is 0 Å². The highest BCUT2D eigenvalue weighted by atomic mass is 16.5. The van der Waals surface area contributed by atoms with Crippen molar-refractivity contribution < 1.29 is 14.3 Å². The highest BCUT2D eigenvalue weighted by molar-refractivity contribution is 6.00. The summed E-state index contributed by atoms with van der Waals surface area (Å²) in [6, 6.07) is 21.8. The molecule has 1 aliphatic heterocycles. The van der Waals surface area contributed by atoms with Crippen LogP contribution >= 0.6 is 0 Å². The Labute approximate surface area is 206 Å². The number of amides is 2. The van der Waals surface area contributed by atoms with Gasteiger partial charge in [0.2, 0.25) is 5.91 Å². The van der Waals surface area contributed by atoms with E-state index in [1.165, 1.54) is 0 Å². The van der Waals surface area contributed by atoms with Gasteiger partial charge in [-0.3, -0.25) is 9.59 Å². The lowest BCUT2D eigenvalue weighted by atomic mass is 9.93. The average Bonchev–Trinajstić information content (AvgIpc) is 3.53. The van der Waals surface area contributed by atoms with E-state index in [0.29, 0.717) is 25.4 Å². The fourth-order valence-corrected chi connectivity index (χ4v) is 5.33. The molecule has 2 aliphatic rings. The minimum atomic E-state index is -1.02. The predicted octanol–water partition coefficient (Wildman–Crippen LogP) is 5.03. The maximum absolute atomic E-state index is 13.9. The number of nitrogens with zero attached hydrogens (tertiary/aromatic N) is 2. The SMILES string of the molecule is CCOc1ccc(CN2C(=O)c3ccc(-c4ccccc4)n3CC2(C)C(=O)NC2CCCC2)cc1. The highest BCUT2D eigenvalue weighted by Gasteiger charge is 2.48. The smallest absolute Gasteiger partial charge is 0.271 e. The topological polar surface area (TPSA) is 63.6 Å². The molecule has 1 aromatic heterocycles. The summed E-state index contributed by atoms with van der Waals surface area (Å²) >= 11 is 0. The second-order valence-corrected chi connectivity index (χ2v) is 9.75. The minimum absolute atomic E-state index is 0.0814. The second kappa shape index (κ2) is 9.61. The van der Waals surface area contributed by atoms with Crippen LogP contribution in [0.15, 0.2) is 66.7 Å². The standard InChI is InChI=1S/C29H33N3O3/c1-3-35-24-15-13-21(14-16-24)19-32-27(33)26-18-17-25(22-9-5-4-6-10-22)31(26)20-29(32,2)28(34)30-23-11-7-8-12-23/h4-6,9-10,13-18,23H,3,7-8,11-12,19-20H2,1-2H3,(H,30,34). The van der Waals surface area contributed by atoms with Crippen molar-refractivity contribution in [2.75, 3.05) is 6.61 Å². The Morgan fingerprint density at radius 3 is 2.37 bits per heavy atom. The van der Waals surface area contributed by atoms with E-state index in [1.807, 2.05) is 85.1 Å². The summed E-state index contributed by atoms with van der Waals surface area (Å²) in [6.07, 6.45) is 4.27. The van der Waals surface area contributed by atoms with Crippen molar-refractivity contribution in [3.05, 3.63) is 78.0 Å². The van der Waals surface area contributed by atoms with Gasteiger partial charge in [0.1, 0.15) is 17.0 Å². The van der Waals surface area contributed by atoms with Crippen LogP contribution in [0, 0.1) is 0 Å². The van der Waals surface area contributed by atoms with Gasteiger partial charge in [-0.05, 0) is 62.1 Å². The molecule has 2 aromatic carbocycles. The highest BCUT2D eigenvalue weighted by Crippen LogP contribution is 2.35. The fraction of sp³-hybridized carbons (Fsp3) is 0.379. The van der Waals surface area contributed by atoms with Crippen molar-refractivity contribution in [1.82, 2.24) is 14.8 Å². The van der Waals surface area contributed by atoms with Gasteiger partial charge >= 0.3 is 0 Å². The zero-order chi connectivity index (χ0) is 24.4. The lowest BCUT2D eigenvalue weighted by molar-refractivity contribution is -0.133. The summed E-state index contributed by atoms with van der Waals surface area (Å²) in [5, 5.41) is 3.27. The molecule has 1 aliphatic carbocycles. The number of rotatable bonds is 7. The third kappa shape index (κ3) is 4.45. The van der Waals surface area contributed by atoms with Crippen LogP contribution in [0.2, 0.25) is 0 Å². The Bertz CT molecular complexity index is 1200. The van der Waals surface area contributed by atoms with Gasteiger partial charge in [0.25, 0.3) is 5.91 Å². The number of hydrogen-bond acceptors (Lipinski definition) is 3. The molecule has 2 heterocycles. The van der Waals surface area contributed by atoms with Gasteiger partial charge in [-0.15, -0.1) is 0 Å². The molecular formula is C29H33N3O3. The van der Waals surface area contributed by atoms with Crippen LogP contribution in [-0.2, 0) is 17.9 Å². The summed E-state index contributed by atoms with van der Waals surface area (Å²) in [7, 11) is 0. The summed E-state index contributed by atoms with van der Waals surface area (Å²) in [5.74, 6) is 0.586. The zero-order valence-corrected chi connectivity index (χ0v) is 20.5. The van der Waals surface area contributed by atoms with Crippen LogP contribution in [0.25, 0.3) is 11.3 Å². The maximum Gasteiger partial charge on any atom is 0.271 e. The number of fused-ring (bicyclic) bond motifs is 1. The Kier molecular flexibility index (Phi) is 6.37. The van der Waals surface area contributed by atoms with Gasteiger partial charge in [0.15, 0.2) is 0 Å². The third-order valence-corrected chi connectivity index (χ3v) is 7.33. The number of ether oxygens (including phenoxy) is 1. The van der Waals surface area contributed by atoms with E-state index in [1.54, 1.807) is 4.90 Å². The van der Waals surface area contributed by atoms with Crippen LogP contribution in [-0.4, -0.2) is 39.5 Å². The molecule has 1 atom stereocenters. The van der Waals surface area contributed by atoms with E-state index in [2.05, 4.69) is 5.32 Å². The van der Waals surface area contributed by atoms with E-state index in [-0.39, 0.29) is 17.9 Å². The van der Waals surface area contributed by atoms with E-state index >= 15 is 0 Å². The molecule has 5 rings (SSSR count). The molecule has 6 nitrogen and oxygen atoms in total. The number of hydrogen-bond donors (Lipinski definition) is 1. The lowest BCUT2D eigenvalue weighted by Gasteiger charge is -2.45. The van der Waals surface area contributed by atoms with Gasteiger partial charge in [0, 0.05) is 18.3 Å². The first kappa shape index (κ1) is 23.2. The van der Waals surface area contributed by atoms with Crippen LogP contribution in [0.4, 0.5) is 0 Å². The molecule has 1 unspecified atom stereocenters. The maximum atomic E-state index is 13.9. The van der Waals surface area contributed by atoms with Crippen molar-refractivity contribution in [3.63, 3.8) is 0 Å². The lowest BCUT2D eigenvalue weighted by Crippen LogP contribution is -2.64. The third-order valence-electron chi connectivity index (χ3n) is 7.33. The molecule has 182 valence electrons. The number of carbonyl (C=O) groups is 2. The van der Waals surface area contributed by atoms with Crippen molar-refractivity contribution in [1.29, 1.82) is 0 Å². The normalized spacial score (nSPS) is 20.1. The molecule has 1 fully saturated rings. The van der Waals surface area contributed by atoms with Crippen molar-refractivity contribution in [3.8, 4) is 17.0 Å². The second-order valence-electron chi connectivity index (χ2n) is 9.75. The Hall–Kier alpha value is -3.54. The summed E-state index contributed by atoms with van der Waals surface area (Å²) in [6.45, 7) is 5.21. The van der Waals surface area contributed by atoms with Gasteiger partial charge < -0.3 is 19.5 Å². The molecule has 35 heavy (non-hydrogen) atoms. The first-order valence-corrected chi connectivity index (χ1v) is 12.6. The molecule has 0 bridgehead atoms. The van der Waals surface area contributed by atoms with Crippen LogP contribution in [0.5, 0.6) is 5.75 Å². The molecule has 6 heteroatoms. The number of carbonyl (C=O) groups excluding carboxylic acids is 2. The average molecular weight is 472 g/mol. The van der Waals surface area contributed by atoms with Gasteiger partial charge in [0.05, 0.1) is 13.2 Å². The molecule has 0 spiro atoms. The van der Waals surface area contributed by atoms with Crippen LogP contribution < -0.4 is 10.1 Å². The van der Waals surface area contributed by atoms with Crippen LogP contribution in [0.3, 0.4) is 0 Å². The van der Waals surface area contributed by atoms with Crippen LogP contribution in [0.1, 0.15) is 55.6 Å². The summed E-state index contributed by atoms with van der Waals surface area (Å²) in [5.41, 5.74) is 2.54. The first-order valence-electron chi connectivity index (χ1n) is 12.6. The zero-order valence-electron chi connectivity index (χ0n) is 20.5. The van der Waals surface area contributed by atoms with Crippen molar-refractivity contribution in [2.24, 2.45) is 0 Å². The number of benzene rings is 2. The predicted molar refractivity (Wildman–Crippen MR) is 136 cm³/mol. The van der Waals surface area contributed by atoms with Crippen molar-refractivity contribution >= 4 is 11.8 Å². The van der Waals surface area contributed by atoms with Gasteiger partial charge in [-0.1, -0.05) is 55.3 Å². The molecular weight excluding hydrogens is 438 g/mol. The Morgan fingerprint density at radius 1 is 1.00 bits per heavy atom. The summed E-state index contributed by atoms with van der Waals surface area (Å²) < 4.78 is 7.58. The number of aromatic nitrogens is 1. The van der Waals surface area contributed by atoms with E-state index in [9.17, 15) is 9.59 Å². The summed E-state index contributed by atoms with van der Waals surface area (Å²) in [4.78, 5) is 29.4. The van der Waals surface area contributed by atoms with E-state index in [4.69, 9.17) is 4.74 Å². The van der Waals surface area contributed by atoms with Gasteiger partial charge in [-0.2, -0.15) is 0 Å². The molecule has 2 amide bonds. The molecule has 1 saturated carbocycles. The molecule has 3 aromatic rings. The van der Waals surface area contributed by atoms with Crippen molar-refractivity contribution in [2.45, 2.75) is 64.2 Å². The Balaban J connectivity index is 1.51.